The van der Waals surface area contributed by atoms with Crippen LogP contribution in [0.4, 0.5) is 11.4 Å². The Balaban J connectivity index is 0.000000317. The molecule has 0 aromatic heterocycles. The first-order valence-corrected chi connectivity index (χ1v) is 13.0. The molecule has 0 fully saturated rings. The minimum Gasteiger partial charge on any atom is -0.873 e. The standard InChI is InChI=1S/C28H24N2.C7H8O2.Ni/c1-17-9-5-10-18(2)25(17)29-27-22-15-7-13-21-14-8-16-23(24(21)22)28(27)30-26-19(3)11-6-12-20(26)4;1-5-2-3-6(8)7(9)4-5;/h5-16H,1-4H3;2-4,8-9H,1H3;/q;;+2/p-2. The summed E-state index contributed by atoms with van der Waals surface area (Å²) < 4.78 is 0. The Bertz CT molecular complexity index is 1640. The van der Waals surface area contributed by atoms with Gasteiger partial charge in [-0.2, -0.15) is 0 Å². The zero-order chi connectivity index (χ0) is 27.7. The van der Waals surface area contributed by atoms with E-state index < -0.39 is 11.5 Å². The number of hydrogen-bond donors (Lipinski definition) is 0. The molecule has 0 saturated carbocycles. The summed E-state index contributed by atoms with van der Waals surface area (Å²) in [5.41, 5.74) is 11.9. The molecule has 1 aliphatic rings. The molecule has 202 valence electrons. The van der Waals surface area contributed by atoms with Gasteiger partial charge in [-0.15, -0.1) is 11.5 Å². The number of aliphatic imine (C=N–C) groups is 2. The molecule has 0 bridgehead atoms. The topological polar surface area (TPSA) is 70.8 Å². The van der Waals surface area contributed by atoms with Crippen LogP contribution in [0, 0.1) is 34.6 Å². The third-order valence-electron chi connectivity index (χ3n) is 7.06. The molecule has 0 heterocycles. The number of aryl methyl sites for hydroxylation is 5. The van der Waals surface area contributed by atoms with Crippen LogP contribution in [-0.2, 0) is 16.5 Å². The Morgan fingerprint density at radius 1 is 0.500 bits per heavy atom. The third-order valence-corrected chi connectivity index (χ3v) is 7.06. The average Bonchev–Trinajstić information content (AvgIpc) is 3.20. The van der Waals surface area contributed by atoms with Gasteiger partial charge in [0, 0.05) is 16.5 Å². The Morgan fingerprint density at radius 3 is 1.32 bits per heavy atom. The monoisotopic (exact) mass is 568 g/mol. The second-order valence-corrected chi connectivity index (χ2v) is 10.1. The summed E-state index contributed by atoms with van der Waals surface area (Å²) in [5.74, 6) is -0.851. The van der Waals surface area contributed by atoms with Crippen LogP contribution in [0.5, 0.6) is 11.5 Å². The zero-order valence-corrected chi connectivity index (χ0v) is 24.2. The van der Waals surface area contributed by atoms with Crippen LogP contribution in [0.1, 0.15) is 38.9 Å². The minimum atomic E-state index is -0.430. The predicted octanol–water partition coefficient (Wildman–Crippen LogP) is 7.47. The molecule has 0 aliphatic heterocycles. The minimum absolute atomic E-state index is 0. The summed E-state index contributed by atoms with van der Waals surface area (Å²) in [7, 11) is 0. The molecular formula is C35H30N2NiO2. The van der Waals surface area contributed by atoms with Crippen LogP contribution >= 0.6 is 0 Å². The van der Waals surface area contributed by atoms with Gasteiger partial charge in [0.15, 0.2) is 0 Å². The van der Waals surface area contributed by atoms with Crippen molar-refractivity contribution in [2.75, 3.05) is 0 Å². The molecular weight excluding hydrogens is 539 g/mol. The second-order valence-electron chi connectivity index (χ2n) is 10.1. The molecule has 0 radical (unpaired) electrons. The van der Waals surface area contributed by atoms with Crippen LogP contribution in [0.25, 0.3) is 10.8 Å². The molecule has 5 aromatic carbocycles. The fourth-order valence-electron chi connectivity index (χ4n) is 5.02. The Hall–Kier alpha value is -4.21. The van der Waals surface area contributed by atoms with Crippen LogP contribution < -0.4 is 10.2 Å². The van der Waals surface area contributed by atoms with E-state index in [1.807, 2.05) is 0 Å². The van der Waals surface area contributed by atoms with Gasteiger partial charge in [-0.25, -0.2) is 9.98 Å². The largest absolute Gasteiger partial charge is 2.00 e. The smallest absolute Gasteiger partial charge is 0.873 e. The van der Waals surface area contributed by atoms with Crippen molar-refractivity contribution in [1.82, 2.24) is 0 Å². The van der Waals surface area contributed by atoms with Gasteiger partial charge in [-0.1, -0.05) is 96.6 Å². The van der Waals surface area contributed by atoms with Crippen LogP contribution in [0.3, 0.4) is 0 Å². The first-order valence-electron chi connectivity index (χ1n) is 13.0. The number of benzene rings is 5. The van der Waals surface area contributed by atoms with E-state index in [2.05, 4.69) is 100 Å². The Labute approximate surface area is 245 Å². The maximum Gasteiger partial charge on any atom is 2.00 e. The molecule has 1 aliphatic carbocycles. The number of rotatable bonds is 2. The van der Waals surface area contributed by atoms with Gasteiger partial charge in [0.2, 0.25) is 0 Å². The van der Waals surface area contributed by atoms with E-state index in [-0.39, 0.29) is 16.5 Å². The fraction of sp³-hybridized carbons (Fsp3) is 0.143. The van der Waals surface area contributed by atoms with E-state index in [1.54, 1.807) is 13.0 Å². The summed E-state index contributed by atoms with van der Waals surface area (Å²) in [5, 5.41) is 23.5. The van der Waals surface area contributed by atoms with Gasteiger partial charge in [0.1, 0.15) is 0 Å². The average molecular weight is 569 g/mol. The van der Waals surface area contributed by atoms with Gasteiger partial charge in [0.05, 0.1) is 22.8 Å². The summed E-state index contributed by atoms with van der Waals surface area (Å²) in [6, 6.07) is 29.8. The van der Waals surface area contributed by atoms with Crippen molar-refractivity contribution in [2.45, 2.75) is 34.6 Å². The predicted molar refractivity (Wildman–Crippen MR) is 158 cm³/mol. The summed E-state index contributed by atoms with van der Waals surface area (Å²) in [6.07, 6.45) is 0. The molecule has 0 saturated heterocycles. The van der Waals surface area contributed by atoms with Crippen LogP contribution in [0.2, 0.25) is 0 Å². The summed E-state index contributed by atoms with van der Waals surface area (Å²) in [4.78, 5) is 10.4. The van der Waals surface area contributed by atoms with Crippen molar-refractivity contribution in [3.8, 4) is 11.5 Å². The van der Waals surface area contributed by atoms with Gasteiger partial charge >= 0.3 is 16.5 Å². The first-order chi connectivity index (χ1) is 18.7. The van der Waals surface area contributed by atoms with Crippen LogP contribution in [-0.4, -0.2) is 11.4 Å². The molecule has 0 unspecified atom stereocenters. The third kappa shape index (κ3) is 5.57. The number of nitrogens with zero attached hydrogens (tertiary/aromatic N) is 2. The SMILES string of the molecule is Cc1ccc([O-])c([O-])c1.Cc1cccc(C)c1N=C1C(=Nc2c(C)cccc2C)c2cccc3cccc1c23.[Ni+2]. The van der Waals surface area contributed by atoms with Crippen molar-refractivity contribution in [2.24, 2.45) is 9.98 Å². The Morgan fingerprint density at radius 2 is 0.925 bits per heavy atom. The normalized spacial score (nSPS) is 13.7. The number of para-hydroxylation sites is 2. The molecule has 6 rings (SSSR count). The van der Waals surface area contributed by atoms with Crippen molar-refractivity contribution in [3.05, 3.63) is 130 Å². The Kier molecular flexibility index (Phi) is 8.56. The fourth-order valence-corrected chi connectivity index (χ4v) is 5.02. The van der Waals surface area contributed by atoms with Gasteiger partial charge < -0.3 is 10.2 Å². The van der Waals surface area contributed by atoms with E-state index in [0.717, 1.165) is 39.5 Å². The zero-order valence-electron chi connectivity index (χ0n) is 23.2. The molecule has 40 heavy (non-hydrogen) atoms. The molecule has 0 spiro atoms. The summed E-state index contributed by atoms with van der Waals surface area (Å²) in [6.45, 7) is 10.3. The van der Waals surface area contributed by atoms with E-state index >= 15 is 0 Å². The van der Waals surface area contributed by atoms with Gasteiger partial charge in [0.25, 0.3) is 0 Å². The van der Waals surface area contributed by atoms with Gasteiger partial charge in [-0.05, 0) is 62.3 Å². The molecule has 0 amide bonds. The maximum atomic E-state index is 10.5. The van der Waals surface area contributed by atoms with Gasteiger partial charge in [-0.3, -0.25) is 0 Å². The second kappa shape index (κ2) is 11.9. The molecule has 4 nitrogen and oxygen atoms in total. The molecule has 0 N–H and O–H groups in total. The molecule has 0 atom stereocenters. The van der Waals surface area contributed by atoms with Crippen molar-refractivity contribution in [3.63, 3.8) is 0 Å². The molecule has 5 aromatic rings. The van der Waals surface area contributed by atoms with E-state index in [1.165, 1.54) is 45.2 Å². The van der Waals surface area contributed by atoms with E-state index in [4.69, 9.17) is 9.98 Å². The van der Waals surface area contributed by atoms with Crippen LogP contribution in [0.15, 0.2) is 101 Å². The summed E-state index contributed by atoms with van der Waals surface area (Å²) >= 11 is 0. The quantitative estimate of drug-likeness (QED) is 0.207. The molecule has 5 heteroatoms. The van der Waals surface area contributed by atoms with E-state index in [9.17, 15) is 10.2 Å². The van der Waals surface area contributed by atoms with Crippen molar-refractivity contribution < 1.29 is 26.7 Å². The maximum absolute atomic E-state index is 10.5. The van der Waals surface area contributed by atoms with Crippen molar-refractivity contribution in [1.29, 1.82) is 0 Å². The number of hydrogen-bond acceptors (Lipinski definition) is 4. The van der Waals surface area contributed by atoms with E-state index in [0.29, 0.717) is 0 Å². The van der Waals surface area contributed by atoms with Crippen molar-refractivity contribution >= 4 is 33.6 Å². The first kappa shape index (κ1) is 28.8.